The molecule has 0 radical (unpaired) electrons. The van der Waals surface area contributed by atoms with Gasteiger partial charge in [0.15, 0.2) is 0 Å². The summed E-state index contributed by atoms with van der Waals surface area (Å²) in [5.74, 6) is 0.973. The maximum Gasteiger partial charge on any atom is 0.141 e. The fraction of sp³-hybridized carbons (Fsp3) is 0.235. The molecule has 0 spiro atoms. The van der Waals surface area contributed by atoms with Crippen LogP contribution in [0.5, 0.6) is 5.75 Å². The van der Waals surface area contributed by atoms with Crippen LogP contribution in [0.25, 0.3) is 0 Å². The minimum Gasteiger partial charge on any atom is -0.493 e. The van der Waals surface area contributed by atoms with Gasteiger partial charge in [-0.2, -0.15) is 0 Å². The lowest BCUT2D eigenvalue weighted by Gasteiger charge is -2.08. The molecule has 1 heterocycles. The Bertz CT molecular complexity index is 678. The molecule has 3 rings (SSSR count). The first-order valence-corrected chi connectivity index (χ1v) is 7.57. The largest absolute Gasteiger partial charge is 0.493 e. The van der Waals surface area contributed by atoms with Gasteiger partial charge in [-0.25, -0.2) is 0 Å². The summed E-state index contributed by atoms with van der Waals surface area (Å²) in [7, 11) is 0. The Kier molecular flexibility index (Phi) is 4.18. The third-order valence-electron chi connectivity index (χ3n) is 3.53. The second-order valence-electron chi connectivity index (χ2n) is 5.17. The van der Waals surface area contributed by atoms with Crippen molar-refractivity contribution in [3.63, 3.8) is 0 Å². The predicted molar refractivity (Wildman–Crippen MR) is 84.5 cm³/mol. The number of halogens is 2. The second kappa shape index (κ2) is 6.08. The lowest BCUT2D eigenvalue weighted by molar-refractivity contribution is -0.117. The van der Waals surface area contributed by atoms with Crippen molar-refractivity contribution in [2.75, 3.05) is 6.61 Å². The molecule has 108 valence electrons. The average molecular weight is 321 g/mol. The molecular weight excluding hydrogens is 307 g/mol. The van der Waals surface area contributed by atoms with Crippen molar-refractivity contribution < 1.29 is 9.53 Å². The van der Waals surface area contributed by atoms with Crippen molar-refractivity contribution in [1.29, 1.82) is 0 Å². The number of benzene rings is 2. The topological polar surface area (TPSA) is 26.3 Å². The molecule has 2 aromatic carbocycles. The van der Waals surface area contributed by atoms with Crippen molar-refractivity contribution in [2.45, 2.75) is 19.3 Å². The highest BCUT2D eigenvalue weighted by Crippen LogP contribution is 2.33. The van der Waals surface area contributed by atoms with E-state index in [1.165, 1.54) is 0 Å². The molecule has 0 saturated carbocycles. The Morgan fingerprint density at radius 3 is 2.57 bits per heavy atom. The molecule has 2 nitrogen and oxygen atoms in total. The molecule has 0 bridgehead atoms. The summed E-state index contributed by atoms with van der Waals surface area (Å²) >= 11 is 12.0. The number of Topliss-reactive ketones (excluding diaryl/α,β-unsaturated/α-hetero) is 1. The molecule has 0 atom stereocenters. The van der Waals surface area contributed by atoms with Crippen LogP contribution in [-0.2, 0) is 24.1 Å². The zero-order valence-corrected chi connectivity index (χ0v) is 12.9. The Morgan fingerprint density at radius 1 is 1.05 bits per heavy atom. The summed E-state index contributed by atoms with van der Waals surface area (Å²) in [5, 5.41) is 1.33. The van der Waals surface area contributed by atoms with Gasteiger partial charge in [0.2, 0.25) is 0 Å². The zero-order valence-electron chi connectivity index (χ0n) is 11.4. The summed E-state index contributed by atoms with van der Waals surface area (Å²) in [6.45, 7) is 0.661. The molecule has 1 aliphatic rings. The van der Waals surface area contributed by atoms with Gasteiger partial charge in [0.25, 0.3) is 0 Å². The molecule has 0 fully saturated rings. The summed E-state index contributed by atoms with van der Waals surface area (Å²) in [4.78, 5) is 12.2. The second-order valence-corrected chi connectivity index (χ2v) is 6.04. The lowest BCUT2D eigenvalue weighted by atomic mass is 10.00. The van der Waals surface area contributed by atoms with Crippen molar-refractivity contribution in [2.24, 2.45) is 0 Å². The first-order valence-electron chi connectivity index (χ1n) is 6.82. The number of carbonyl (C=O) groups is 1. The Balaban J connectivity index is 1.75. The molecule has 4 heteroatoms. The zero-order chi connectivity index (χ0) is 14.8. The van der Waals surface area contributed by atoms with E-state index in [1.54, 1.807) is 12.1 Å². The third kappa shape index (κ3) is 3.39. The number of ether oxygens (including phenoxy) is 1. The van der Waals surface area contributed by atoms with Gasteiger partial charge < -0.3 is 4.74 Å². The fourth-order valence-electron chi connectivity index (χ4n) is 2.58. The van der Waals surface area contributed by atoms with Crippen LogP contribution in [-0.4, -0.2) is 12.4 Å². The quantitative estimate of drug-likeness (QED) is 0.840. The van der Waals surface area contributed by atoms with Crippen molar-refractivity contribution in [1.82, 2.24) is 0 Å². The maximum atomic E-state index is 12.2. The van der Waals surface area contributed by atoms with E-state index in [1.807, 2.05) is 24.3 Å². The van der Waals surface area contributed by atoms with Gasteiger partial charge in [0, 0.05) is 34.9 Å². The molecule has 0 aliphatic carbocycles. The van der Waals surface area contributed by atoms with Crippen LogP contribution in [0.4, 0.5) is 0 Å². The predicted octanol–water partition coefficient (Wildman–Crippen LogP) is 4.28. The first kappa shape index (κ1) is 14.4. The van der Waals surface area contributed by atoms with Gasteiger partial charge in [-0.05, 0) is 35.4 Å². The van der Waals surface area contributed by atoms with Gasteiger partial charge in [-0.1, -0.05) is 35.3 Å². The van der Waals surface area contributed by atoms with E-state index in [2.05, 4.69) is 0 Å². The smallest absolute Gasteiger partial charge is 0.141 e. The van der Waals surface area contributed by atoms with E-state index in [0.29, 0.717) is 29.5 Å². The Hall–Kier alpha value is -1.51. The molecule has 0 aromatic heterocycles. The number of hydrogen-bond acceptors (Lipinski definition) is 2. The summed E-state index contributed by atoms with van der Waals surface area (Å²) in [5.41, 5.74) is 2.94. The minimum atomic E-state index is 0.136. The van der Waals surface area contributed by atoms with Crippen LogP contribution in [0.3, 0.4) is 0 Å². The van der Waals surface area contributed by atoms with E-state index in [4.69, 9.17) is 27.9 Å². The molecule has 2 aromatic rings. The molecule has 0 amide bonds. The van der Waals surface area contributed by atoms with Crippen molar-refractivity contribution >= 4 is 29.0 Å². The standard InChI is InChI=1S/C17H14Cl2O2/c18-14-3-1-11(2-4-14)7-16(20)10-13-9-15(19)8-12-5-6-21-17(12)13/h1-4,8-9H,5-7,10H2. The summed E-state index contributed by atoms with van der Waals surface area (Å²) in [6.07, 6.45) is 1.58. The van der Waals surface area contributed by atoms with Crippen molar-refractivity contribution in [3.05, 3.63) is 63.1 Å². The normalized spacial score (nSPS) is 12.9. The van der Waals surface area contributed by atoms with Crippen LogP contribution in [0, 0.1) is 0 Å². The molecule has 1 aliphatic heterocycles. The van der Waals surface area contributed by atoms with Gasteiger partial charge in [-0.15, -0.1) is 0 Å². The number of carbonyl (C=O) groups excluding carboxylic acids is 1. The highest BCUT2D eigenvalue weighted by molar-refractivity contribution is 6.31. The number of fused-ring (bicyclic) bond motifs is 1. The highest BCUT2D eigenvalue weighted by atomic mass is 35.5. The fourth-order valence-corrected chi connectivity index (χ4v) is 2.97. The van der Waals surface area contributed by atoms with E-state index in [0.717, 1.165) is 28.9 Å². The van der Waals surface area contributed by atoms with Crippen LogP contribution in [0.1, 0.15) is 16.7 Å². The minimum absolute atomic E-state index is 0.136. The van der Waals surface area contributed by atoms with E-state index >= 15 is 0 Å². The molecular formula is C17H14Cl2O2. The van der Waals surface area contributed by atoms with Crippen LogP contribution in [0.2, 0.25) is 10.0 Å². The summed E-state index contributed by atoms with van der Waals surface area (Å²) < 4.78 is 5.62. The SMILES string of the molecule is O=C(Cc1ccc(Cl)cc1)Cc1cc(Cl)cc2c1OCC2. The van der Waals surface area contributed by atoms with E-state index in [9.17, 15) is 4.79 Å². The molecule has 0 N–H and O–H groups in total. The number of ketones is 1. The monoisotopic (exact) mass is 320 g/mol. The maximum absolute atomic E-state index is 12.2. The van der Waals surface area contributed by atoms with Gasteiger partial charge >= 0.3 is 0 Å². The van der Waals surface area contributed by atoms with E-state index in [-0.39, 0.29) is 5.78 Å². The summed E-state index contributed by atoms with van der Waals surface area (Å²) in [6, 6.07) is 11.1. The molecule has 21 heavy (non-hydrogen) atoms. The van der Waals surface area contributed by atoms with E-state index < -0.39 is 0 Å². The molecule has 0 saturated heterocycles. The first-order chi connectivity index (χ1) is 10.1. The van der Waals surface area contributed by atoms with Crippen molar-refractivity contribution in [3.8, 4) is 5.75 Å². The van der Waals surface area contributed by atoms with Crippen LogP contribution >= 0.6 is 23.2 Å². The Labute approximate surface area is 133 Å². The lowest BCUT2D eigenvalue weighted by Crippen LogP contribution is -2.07. The molecule has 0 unspecified atom stereocenters. The van der Waals surface area contributed by atoms with Crippen LogP contribution < -0.4 is 4.74 Å². The average Bonchev–Trinajstić information content (AvgIpc) is 2.89. The van der Waals surface area contributed by atoms with Gasteiger partial charge in [-0.3, -0.25) is 4.79 Å². The third-order valence-corrected chi connectivity index (χ3v) is 4.00. The number of hydrogen-bond donors (Lipinski definition) is 0. The van der Waals surface area contributed by atoms with Gasteiger partial charge in [0.1, 0.15) is 11.5 Å². The Morgan fingerprint density at radius 2 is 1.81 bits per heavy atom. The van der Waals surface area contributed by atoms with Gasteiger partial charge in [0.05, 0.1) is 6.61 Å². The van der Waals surface area contributed by atoms with Crippen LogP contribution in [0.15, 0.2) is 36.4 Å². The number of rotatable bonds is 4. The highest BCUT2D eigenvalue weighted by Gasteiger charge is 2.19.